The van der Waals surface area contributed by atoms with Crippen molar-refractivity contribution >= 4 is 11.0 Å². The van der Waals surface area contributed by atoms with Crippen LogP contribution in [0.4, 0.5) is 0 Å². The minimum Gasteiger partial charge on any atom is -0.497 e. The van der Waals surface area contributed by atoms with Gasteiger partial charge in [0.2, 0.25) is 0 Å². The average molecular weight is 204 g/mol. The van der Waals surface area contributed by atoms with Gasteiger partial charge in [-0.3, -0.25) is 0 Å². The highest BCUT2D eigenvalue weighted by atomic mass is 16.5. The maximum Gasteiger partial charge on any atom is 0.121 e. The lowest BCUT2D eigenvalue weighted by Gasteiger charge is -2.07. The lowest BCUT2D eigenvalue weighted by atomic mass is 10.2. The van der Waals surface area contributed by atoms with E-state index < -0.39 is 0 Å². The topological polar surface area (TPSA) is 27.1 Å². The fourth-order valence-corrected chi connectivity index (χ4v) is 1.70. The summed E-state index contributed by atoms with van der Waals surface area (Å²) in [6.07, 6.45) is 1.89. The number of hydrogen-bond acceptors (Lipinski definition) is 2. The quantitative estimate of drug-likeness (QED) is 0.768. The molecule has 1 aromatic heterocycles. The monoisotopic (exact) mass is 204 g/mol. The van der Waals surface area contributed by atoms with Gasteiger partial charge < -0.3 is 9.30 Å². The first-order chi connectivity index (χ1) is 7.20. The largest absolute Gasteiger partial charge is 0.497 e. The molecular weight excluding hydrogens is 188 g/mol. The predicted molar refractivity (Wildman–Crippen MR) is 61.1 cm³/mol. The summed E-state index contributed by atoms with van der Waals surface area (Å²) < 4.78 is 7.38. The highest BCUT2D eigenvalue weighted by Gasteiger charge is 2.05. The van der Waals surface area contributed by atoms with Crippen LogP contribution in [0.15, 0.2) is 24.5 Å². The van der Waals surface area contributed by atoms with Crippen LogP contribution in [0, 0.1) is 5.92 Å². The average Bonchev–Trinajstić information content (AvgIpc) is 2.60. The van der Waals surface area contributed by atoms with Crippen molar-refractivity contribution in [1.29, 1.82) is 0 Å². The van der Waals surface area contributed by atoms with E-state index in [9.17, 15) is 0 Å². The molecule has 0 spiro atoms. The number of fused-ring (bicyclic) bond motifs is 1. The van der Waals surface area contributed by atoms with Crippen molar-refractivity contribution in [3.63, 3.8) is 0 Å². The van der Waals surface area contributed by atoms with E-state index in [1.54, 1.807) is 7.11 Å². The van der Waals surface area contributed by atoms with E-state index in [1.165, 1.54) is 0 Å². The molecule has 2 aromatic rings. The summed E-state index contributed by atoms with van der Waals surface area (Å²) in [4.78, 5) is 4.35. The number of rotatable bonds is 3. The maximum absolute atomic E-state index is 5.21. The van der Waals surface area contributed by atoms with Crippen LogP contribution >= 0.6 is 0 Å². The van der Waals surface area contributed by atoms with Crippen LogP contribution in [-0.4, -0.2) is 16.7 Å². The molecule has 15 heavy (non-hydrogen) atoms. The van der Waals surface area contributed by atoms with Crippen molar-refractivity contribution in [2.45, 2.75) is 20.4 Å². The fraction of sp³-hybridized carbons (Fsp3) is 0.417. The van der Waals surface area contributed by atoms with E-state index in [-0.39, 0.29) is 0 Å². The van der Waals surface area contributed by atoms with Crippen LogP contribution in [0.3, 0.4) is 0 Å². The molecule has 0 fully saturated rings. The smallest absolute Gasteiger partial charge is 0.121 e. The van der Waals surface area contributed by atoms with Gasteiger partial charge in [-0.2, -0.15) is 0 Å². The summed E-state index contributed by atoms with van der Waals surface area (Å²) in [5.74, 6) is 1.50. The number of hydrogen-bond donors (Lipinski definition) is 0. The van der Waals surface area contributed by atoms with Gasteiger partial charge in [0.25, 0.3) is 0 Å². The Morgan fingerprint density at radius 3 is 2.87 bits per heavy atom. The van der Waals surface area contributed by atoms with Crippen molar-refractivity contribution in [3.05, 3.63) is 24.5 Å². The van der Waals surface area contributed by atoms with Gasteiger partial charge in [0.15, 0.2) is 0 Å². The number of aromatic nitrogens is 2. The molecule has 0 aliphatic rings. The first-order valence-corrected chi connectivity index (χ1v) is 5.19. The Hall–Kier alpha value is -1.51. The summed E-state index contributed by atoms with van der Waals surface area (Å²) in [6, 6.07) is 5.96. The molecule has 0 unspecified atom stereocenters. The molecule has 0 aliphatic carbocycles. The summed E-state index contributed by atoms with van der Waals surface area (Å²) in [5.41, 5.74) is 2.17. The molecule has 0 radical (unpaired) electrons. The molecular formula is C12H16N2O. The maximum atomic E-state index is 5.21. The summed E-state index contributed by atoms with van der Waals surface area (Å²) in [6.45, 7) is 5.39. The lowest BCUT2D eigenvalue weighted by Crippen LogP contribution is -2.02. The summed E-state index contributed by atoms with van der Waals surface area (Å²) in [7, 11) is 1.68. The zero-order valence-electron chi connectivity index (χ0n) is 9.40. The second-order valence-corrected chi connectivity index (χ2v) is 4.15. The molecule has 80 valence electrons. The molecule has 0 aliphatic heterocycles. The summed E-state index contributed by atoms with van der Waals surface area (Å²) in [5, 5.41) is 0. The van der Waals surface area contributed by atoms with Crippen LogP contribution in [-0.2, 0) is 6.54 Å². The van der Waals surface area contributed by atoms with Crippen molar-refractivity contribution in [2.24, 2.45) is 5.92 Å². The van der Waals surface area contributed by atoms with Crippen LogP contribution in [0.5, 0.6) is 5.75 Å². The molecule has 0 bridgehead atoms. The van der Waals surface area contributed by atoms with Crippen LogP contribution < -0.4 is 4.74 Å². The molecule has 0 atom stereocenters. The Balaban J connectivity index is 2.46. The van der Waals surface area contributed by atoms with Crippen molar-refractivity contribution in [3.8, 4) is 5.75 Å². The Morgan fingerprint density at radius 1 is 1.40 bits per heavy atom. The summed E-state index contributed by atoms with van der Waals surface area (Å²) >= 11 is 0. The minimum atomic E-state index is 0.619. The zero-order chi connectivity index (χ0) is 10.8. The Morgan fingerprint density at radius 2 is 2.20 bits per heavy atom. The number of nitrogens with zero attached hydrogens (tertiary/aromatic N) is 2. The molecule has 2 rings (SSSR count). The van der Waals surface area contributed by atoms with Crippen LogP contribution in [0.25, 0.3) is 11.0 Å². The number of benzene rings is 1. The van der Waals surface area contributed by atoms with E-state index in [0.29, 0.717) is 5.92 Å². The van der Waals surface area contributed by atoms with Gasteiger partial charge in [-0.15, -0.1) is 0 Å². The van der Waals surface area contributed by atoms with Gasteiger partial charge in [0.05, 0.1) is 24.5 Å². The zero-order valence-corrected chi connectivity index (χ0v) is 9.40. The molecule has 0 saturated heterocycles. The van der Waals surface area contributed by atoms with E-state index >= 15 is 0 Å². The highest BCUT2D eigenvalue weighted by Crippen LogP contribution is 2.20. The van der Waals surface area contributed by atoms with Crippen molar-refractivity contribution in [2.75, 3.05) is 7.11 Å². The van der Waals surface area contributed by atoms with Gasteiger partial charge in [0, 0.05) is 12.6 Å². The van der Waals surface area contributed by atoms with Gasteiger partial charge in [-0.1, -0.05) is 13.8 Å². The predicted octanol–water partition coefficient (Wildman–Crippen LogP) is 2.70. The normalized spacial score (nSPS) is 11.2. The van der Waals surface area contributed by atoms with Gasteiger partial charge in [0.1, 0.15) is 5.75 Å². The van der Waals surface area contributed by atoms with E-state index in [2.05, 4.69) is 23.4 Å². The van der Waals surface area contributed by atoms with Crippen LogP contribution in [0.1, 0.15) is 13.8 Å². The molecule has 0 amide bonds. The molecule has 3 nitrogen and oxygen atoms in total. The fourth-order valence-electron chi connectivity index (χ4n) is 1.70. The van der Waals surface area contributed by atoms with E-state index in [0.717, 1.165) is 23.3 Å². The third-order valence-electron chi connectivity index (χ3n) is 2.39. The van der Waals surface area contributed by atoms with Crippen molar-refractivity contribution < 1.29 is 4.74 Å². The Labute approximate surface area is 89.7 Å². The standard InChI is InChI=1S/C12H16N2O/c1-9(2)7-14-8-13-11-5-4-10(15-3)6-12(11)14/h4-6,8-9H,7H2,1-3H3. The third-order valence-corrected chi connectivity index (χ3v) is 2.39. The number of ether oxygens (including phenoxy) is 1. The van der Waals surface area contributed by atoms with Gasteiger partial charge in [-0.25, -0.2) is 4.98 Å². The Bertz CT molecular complexity index is 460. The van der Waals surface area contributed by atoms with Crippen molar-refractivity contribution in [1.82, 2.24) is 9.55 Å². The minimum absolute atomic E-state index is 0.619. The molecule has 1 aromatic carbocycles. The van der Waals surface area contributed by atoms with Gasteiger partial charge >= 0.3 is 0 Å². The van der Waals surface area contributed by atoms with E-state index in [4.69, 9.17) is 4.74 Å². The van der Waals surface area contributed by atoms with Crippen LogP contribution in [0.2, 0.25) is 0 Å². The molecule has 0 N–H and O–H groups in total. The molecule has 0 saturated carbocycles. The second kappa shape index (κ2) is 3.93. The van der Waals surface area contributed by atoms with E-state index in [1.807, 2.05) is 24.5 Å². The highest BCUT2D eigenvalue weighted by molar-refractivity contribution is 5.77. The molecule has 1 heterocycles. The molecule has 3 heteroatoms. The second-order valence-electron chi connectivity index (χ2n) is 4.15. The van der Waals surface area contributed by atoms with Gasteiger partial charge in [-0.05, 0) is 18.1 Å². The Kier molecular flexibility index (Phi) is 2.62. The number of methoxy groups -OCH3 is 1. The SMILES string of the molecule is COc1ccc2ncn(CC(C)C)c2c1. The number of imidazole rings is 1. The third kappa shape index (κ3) is 1.96. The first kappa shape index (κ1) is 10.0. The first-order valence-electron chi connectivity index (χ1n) is 5.19. The lowest BCUT2D eigenvalue weighted by molar-refractivity contribution is 0.415.